The summed E-state index contributed by atoms with van der Waals surface area (Å²) >= 11 is 6.06. The van der Waals surface area contributed by atoms with Crippen molar-refractivity contribution in [3.05, 3.63) is 28.8 Å². The first-order valence-corrected chi connectivity index (χ1v) is 8.10. The Bertz CT molecular complexity index is 641. The van der Waals surface area contributed by atoms with Gasteiger partial charge in [-0.1, -0.05) is 11.6 Å². The molecule has 2 fully saturated rings. The van der Waals surface area contributed by atoms with Crippen LogP contribution in [-0.2, 0) is 20.9 Å². The van der Waals surface area contributed by atoms with E-state index in [1.165, 1.54) is 0 Å². The number of benzene rings is 1. The molecule has 2 N–H and O–H groups in total. The van der Waals surface area contributed by atoms with Crippen molar-refractivity contribution < 1.29 is 24.2 Å². The Hall–Kier alpha value is -1.83. The average molecular weight is 355 g/mol. The standard InChI is InChI=1S/C16H19ClN2O5/c17-12-1-2-13(23-8-15(21)22)11(5-12)6-19-4-3-16(10-19)9-18-14(20)7-24-16/h1-2,5H,3-4,6-10H2,(H,18,20)(H,21,22). The van der Waals surface area contributed by atoms with Crippen molar-refractivity contribution >= 4 is 23.5 Å². The number of halogens is 1. The van der Waals surface area contributed by atoms with E-state index in [4.69, 9.17) is 26.2 Å². The molecule has 2 aliphatic rings. The van der Waals surface area contributed by atoms with E-state index in [-0.39, 0.29) is 18.1 Å². The Labute approximate surface area is 144 Å². The number of morpholine rings is 1. The van der Waals surface area contributed by atoms with Gasteiger partial charge in [0.2, 0.25) is 5.91 Å². The lowest BCUT2D eigenvalue weighted by atomic mass is 10.0. The van der Waals surface area contributed by atoms with Crippen LogP contribution in [0.4, 0.5) is 0 Å². The van der Waals surface area contributed by atoms with Gasteiger partial charge in [-0.15, -0.1) is 0 Å². The number of ether oxygens (including phenoxy) is 2. The molecule has 1 atom stereocenters. The summed E-state index contributed by atoms with van der Waals surface area (Å²) in [7, 11) is 0. The number of hydrogen-bond acceptors (Lipinski definition) is 5. The number of hydrogen-bond donors (Lipinski definition) is 2. The quantitative estimate of drug-likeness (QED) is 0.816. The fraction of sp³-hybridized carbons (Fsp3) is 0.500. The van der Waals surface area contributed by atoms with E-state index >= 15 is 0 Å². The normalized spacial score (nSPS) is 24.1. The molecule has 1 aromatic rings. The molecule has 24 heavy (non-hydrogen) atoms. The van der Waals surface area contributed by atoms with Gasteiger partial charge in [-0.3, -0.25) is 9.69 Å². The predicted octanol–water partition coefficient (Wildman–Crippen LogP) is 0.894. The third-order valence-electron chi connectivity index (χ3n) is 4.28. The van der Waals surface area contributed by atoms with Crippen LogP contribution in [0.5, 0.6) is 5.75 Å². The number of nitrogens with zero attached hydrogens (tertiary/aromatic N) is 1. The van der Waals surface area contributed by atoms with E-state index < -0.39 is 12.6 Å². The van der Waals surface area contributed by atoms with Gasteiger partial charge in [0.1, 0.15) is 12.4 Å². The summed E-state index contributed by atoms with van der Waals surface area (Å²) in [4.78, 5) is 24.2. The number of rotatable bonds is 5. The molecule has 130 valence electrons. The van der Waals surface area contributed by atoms with Gasteiger partial charge < -0.3 is 19.9 Å². The van der Waals surface area contributed by atoms with Crippen molar-refractivity contribution in [1.29, 1.82) is 0 Å². The van der Waals surface area contributed by atoms with Gasteiger partial charge >= 0.3 is 5.97 Å². The zero-order valence-corrected chi connectivity index (χ0v) is 13.8. The van der Waals surface area contributed by atoms with E-state index in [1.807, 2.05) is 0 Å². The van der Waals surface area contributed by atoms with E-state index in [0.29, 0.717) is 30.4 Å². The first-order chi connectivity index (χ1) is 11.5. The lowest BCUT2D eigenvalue weighted by Crippen LogP contribution is -2.53. The number of carboxylic acids is 1. The summed E-state index contributed by atoms with van der Waals surface area (Å²) in [6.07, 6.45) is 0.833. The zero-order chi connectivity index (χ0) is 17.2. The van der Waals surface area contributed by atoms with Crippen molar-refractivity contribution in [2.24, 2.45) is 0 Å². The minimum absolute atomic E-state index is 0.0849. The van der Waals surface area contributed by atoms with Crippen LogP contribution in [0.15, 0.2) is 18.2 Å². The minimum Gasteiger partial charge on any atom is -0.482 e. The van der Waals surface area contributed by atoms with Gasteiger partial charge in [0, 0.05) is 36.8 Å². The zero-order valence-electron chi connectivity index (χ0n) is 13.1. The Kier molecular flexibility index (Phi) is 4.93. The molecule has 2 saturated heterocycles. The van der Waals surface area contributed by atoms with Crippen LogP contribution < -0.4 is 10.1 Å². The van der Waals surface area contributed by atoms with Gasteiger partial charge in [-0.2, -0.15) is 0 Å². The number of amides is 1. The molecule has 8 heteroatoms. The topological polar surface area (TPSA) is 88.1 Å². The lowest BCUT2D eigenvalue weighted by molar-refractivity contribution is -0.142. The smallest absolute Gasteiger partial charge is 0.341 e. The van der Waals surface area contributed by atoms with Crippen LogP contribution in [-0.4, -0.2) is 60.3 Å². The number of likely N-dealkylation sites (tertiary alicyclic amines) is 1. The van der Waals surface area contributed by atoms with E-state index in [0.717, 1.165) is 18.5 Å². The van der Waals surface area contributed by atoms with Crippen molar-refractivity contribution in [3.8, 4) is 5.75 Å². The molecule has 0 aliphatic carbocycles. The Morgan fingerprint density at radius 2 is 2.33 bits per heavy atom. The average Bonchev–Trinajstić information content (AvgIpc) is 2.92. The second-order valence-electron chi connectivity index (χ2n) is 6.14. The van der Waals surface area contributed by atoms with Crippen molar-refractivity contribution in [2.75, 3.05) is 32.8 Å². The van der Waals surface area contributed by atoms with Crippen LogP contribution in [0.3, 0.4) is 0 Å². The lowest BCUT2D eigenvalue weighted by Gasteiger charge is -2.33. The maximum atomic E-state index is 11.3. The maximum absolute atomic E-state index is 11.3. The molecule has 0 aromatic heterocycles. The fourth-order valence-corrected chi connectivity index (χ4v) is 3.29. The Morgan fingerprint density at radius 1 is 1.50 bits per heavy atom. The van der Waals surface area contributed by atoms with Gasteiger partial charge in [0.05, 0.1) is 5.60 Å². The third-order valence-corrected chi connectivity index (χ3v) is 4.52. The fourth-order valence-electron chi connectivity index (χ4n) is 3.10. The molecular formula is C16H19ClN2O5. The molecule has 1 amide bonds. The van der Waals surface area contributed by atoms with E-state index in [2.05, 4.69) is 10.2 Å². The third kappa shape index (κ3) is 3.98. The van der Waals surface area contributed by atoms with E-state index in [9.17, 15) is 9.59 Å². The van der Waals surface area contributed by atoms with Crippen LogP contribution in [0.2, 0.25) is 5.02 Å². The first-order valence-electron chi connectivity index (χ1n) is 7.72. The molecule has 1 aromatic carbocycles. The number of carboxylic acid groups (broad SMARTS) is 1. The highest BCUT2D eigenvalue weighted by molar-refractivity contribution is 6.30. The molecular weight excluding hydrogens is 336 g/mol. The second kappa shape index (κ2) is 6.96. The Morgan fingerprint density at radius 3 is 3.04 bits per heavy atom. The van der Waals surface area contributed by atoms with Crippen molar-refractivity contribution in [1.82, 2.24) is 10.2 Å². The molecule has 0 bridgehead atoms. The number of nitrogens with one attached hydrogen (secondary N) is 1. The molecule has 7 nitrogen and oxygen atoms in total. The highest BCUT2D eigenvalue weighted by atomic mass is 35.5. The molecule has 3 rings (SSSR count). The number of carbonyl (C=O) groups excluding carboxylic acids is 1. The van der Waals surface area contributed by atoms with Gasteiger partial charge in [0.15, 0.2) is 6.61 Å². The second-order valence-corrected chi connectivity index (χ2v) is 6.58. The molecule has 1 spiro atoms. The van der Waals surface area contributed by atoms with Crippen molar-refractivity contribution in [3.63, 3.8) is 0 Å². The predicted molar refractivity (Wildman–Crippen MR) is 86.2 cm³/mol. The van der Waals surface area contributed by atoms with E-state index in [1.54, 1.807) is 18.2 Å². The molecule has 0 saturated carbocycles. The maximum Gasteiger partial charge on any atom is 0.341 e. The number of carbonyl (C=O) groups is 2. The summed E-state index contributed by atoms with van der Waals surface area (Å²) in [5.41, 5.74) is 0.495. The van der Waals surface area contributed by atoms with Crippen molar-refractivity contribution in [2.45, 2.75) is 18.6 Å². The van der Waals surface area contributed by atoms with Crippen LogP contribution in [0, 0.1) is 0 Å². The summed E-state index contributed by atoms with van der Waals surface area (Å²) < 4.78 is 11.1. The van der Waals surface area contributed by atoms with Gasteiger partial charge in [0.25, 0.3) is 0 Å². The molecule has 0 radical (unpaired) electrons. The van der Waals surface area contributed by atoms with Crippen LogP contribution >= 0.6 is 11.6 Å². The monoisotopic (exact) mass is 354 g/mol. The molecule has 2 aliphatic heterocycles. The molecule has 2 heterocycles. The van der Waals surface area contributed by atoms with Crippen LogP contribution in [0.25, 0.3) is 0 Å². The minimum atomic E-state index is -1.03. The highest BCUT2D eigenvalue weighted by Gasteiger charge is 2.42. The largest absolute Gasteiger partial charge is 0.482 e. The highest BCUT2D eigenvalue weighted by Crippen LogP contribution is 2.30. The first kappa shape index (κ1) is 17.0. The SMILES string of the molecule is O=C(O)COc1ccc(Cl)cc1CN1CCC2(CNC(=O)CO2)C1. The Balaban J connectivity index is 1.66. The summed E-state index contributed by atoms with van der Waals surface area (Å²) in [5.74, 6) is -0.596. The van der Waals surface area contributed by atoms with Crippen LogP contribution in [0.1, 0.15) is 12.0 Å². The molecule has 1 unspecified atom stereocenters. The summed E-state index contributed by atoms with van der Waals surface area (Å²) in [6.45, 7) is 2.30. The van der Waals surface area contributed by atoms with Gasteiger partial charge in [-0.05, 0) is 24.6 Å². The van der Waals surface area contributed by atoms with Gasteiger partial charge in [-0.25, -0.2) is 4.79 Å². The number of aliphatic carboxylic acids is 1. The summed E-state index contributed by atoms with van der Waals surface area (Å²) in [5, 5.41) is 12.2. The summed E-state index contributed by atoms with van der Waals surface area (Å²) in [6, 6.07) is 5.14.